The number of nitrogens with zero attached hydrogens (tertiary/aromatic N) is 2. The Bertz CT molecular complexity index is 939. The van der Waals surface area contributed by atoms with Gasteiger partial charge >= 0.3 is 0 Å². The molecule has 1 aromatic rings. The number of benzene rings is 1. The lowest BCUT2D eigenvalue weighted by Gasteiger charge is -2.41. The summed E-state index contributed by atoms with van der Waals surface area (Å²) in [4.78, 5) is 55.5. The fourth-order valence-electron chi connectivity index (χ4n) is 5.19. The van der Waals surface area contributed by atoms with Crippen LogP contribution in [0, 0.1) is 0 Å². The molecule has 3 rings (SSSR count). The maximum atomic E-state index is 13.9. The highest BCUT2D eigenvalue weighted by molar-refractivity contribution is 5.98. The number of nitrogens with one attached hydrogen (secondary N) is 1. The van der Waals surface area contributed by atoms with E-state index >= 15 is 0 Å². The molecular formula is C25H37N5O5. The molecule has 5 atom stereocenters. The number of carbonyl (C=O) groups excluding carboxylic acids is 4. The zero-order valence-corrected chi connectivity index (χ0v) is 20.5. The minimum absolute atomic E-state index is 0.228. The number of primary amides is 1. The van der Waals surface area contributed by atoms with E-state index in [1.165, 1.54) is 6.92 Å². The third-order valence-electron chi connectivity index (χ3n) is 7.17. The first-order valence-electron chi connectivity index (χ1n) is 12.3. The molecule has 0 aromatic heterocycles. The van der Waals surface area contributed by atoms with Crippen molar-refractivity contribution in [3.63, 3.8) is 0 Å². The van der Waals surface area contributed by atoms with E-state index < -0.39 is 41.6 Å². The van der Waals surface area contributed by atoms with Crippen LogP contribution in [0.2, 0.25) is 0 Å². The lowest BCUT2D eigenvalue weighted by Crippen LogP contribution is -2.65. The molecule has 2 aliphatic heterocycles. The van der Waals surface area contributed by atoms with Gasteiger partial charge in [-0.05, 0) is 44.6 Å². The van der Waals surface area contributed by atoms with Crippen LogP contribution in [0.3, 0.4) is 0 Å². The number of aliphatic hydroxyl groups is 1. The Labute approximate surface area is 206 Å². The van der Waals surface area contributed by atoms with Crippen LogP contribution in [-0.4, -0.2) is 81.4 Å². The summed E-state index contributed by atoms with van der Waals surface area (Å²) in [5, 5.41) is 12.6. The standard InChI is InChI=1S/C25H37N5O5/c1-3-18(26)22(33)29-13-7-11-19(29)23(34)30-14-8-12-25(30,15-17-9-5-4-6-10-17)24(35)28-20(16(2)31)21(27)32/h4-6,9-10,16,18-20,31H,3,7-8,11-15,26H2,1-2H3,(H2,27,32)(H,28,35)/t16-,18?,19+,20?,25?/m1/s1. The van der Waals surface area contributed by atoms with E-state index in [4.69, 9.17) is 11.5 Å². The van der Waals surface area contributed by atoms with Gasteiger partial charge in [-0.15, -0.1) is 0 Å². The molecule has 0 bridgehead atoms. The van der Waals surface area contributed by atoms with Crippen molar-refractivity contribution >= 4 is 23.6 Å². The smallest absolute Gasteiger partial charge is 0.247 e. The van der Waals surface area contributed by atoms with Crippen LogP contribution in [0.4, 0.5) is 0 Å². The molecule has 2 aliphatic rings. The van der Waals surface area contributed by atoms with Gasteiger partial charge in [-0.25, -0.2) is 0 Å². The van der Waals surface area contributed by atoms with Crippen LogP contribution >= 0.6 is 0 Å². The number of aliphatic hydroxyl groups excluding tert-OH is 1. The van der Waals surface area contributed by atoms with Crippen LogP contribution in [0.1, 0.15) is 51.5 Å². The normalized spacial score (nSPS) is 24.6. The van der Waals surface area contributed by atoms with Crippen LogP contribution in [-0.2, 0) is 25.6 Å². The number of hydrogen-bond donors (Lipinski definition) is 4. The van der Waals surface area contributed by atoms with Crippen molar-refractivity contribution in [2.75, 3.05) is 13.1 Å². The molecule has 3 unspecified atom stereocenters. The van der Waals surface area contributed by atoms with Gasteiger partial charge < -0.3 is 31.7 Å². The molecule has 1 aromatic carbocycles. The average molecular weight is 488 g/mol. The first-order valence-corrected chi connectivity index (χ1v) is 12.3. The molecular weight excluding hydrogens is 450 g/mol. The molecule has 0 spiro atoms. The third-order valence-corrected chi connectivity index (χ3v) is 7.17. The van der Waals surface area contributed by atoms with Crippen LogP contribution in [0.25, 0.3) is 0 Å². The zero-order chi connectivity index (χ0) is 25.8. The molecule has 4 amide bonds. The van der Waals surface area contributed by atoms with E-state index in [-0.39, 0.29) is 18.2 Å². The Kier molecular flexibility index (Phi) is 8.50. The monoisotopic (exact) mass is 487 g/mol. The minimum Gasteiger partial charge on any atom is -0.391 e. The van der Waals surface area contributed by atoms with Crippen molar-refractivity contribution in [3.05, 3.63) is 35.9 Å². The van der Waals surface area contributed by atoms with Gasteiger partial charge in [0.15, 0.2) is 0 Å². The molecule has 2 saturated heterocycles. The predicted octanol–water partition coefficient (Wildman–Crippen LogP) is -0.330. The number of rotatable bonds is 9. The fraction of sp³-hybridized carbons (Fsp3) is 0.600. The first-order chi connectivity index (χ1) is 16.6. The zero-order valence-electron chi connectivity index (χ0n) is 20.5. The summed E-state index contributed by atoms with van der Waals surface area (Å²) in [6.45, 7) is 3.98. The Morgan fingerprint density at radius 2 is 1.86 bits per heavy atom. The van der Waals surface area contributed by atoms with E-state index in [1.54, 1.807) is 9.80 Å². The van der Waals surface area contributed by atoms with Gasteiger partial charge in [0.05, 0.1) is 12.1 Å². The lowest BCUT2D eigenvalue weighted by molar-refractivity contribution is -0.152. The van der Waals surface area contributed by atoms with Crippen molar-refractivity contribution in [1.29, 1.82) is 0 Å². The van der Waals surface area contributed by atoms with Crippen molar-refractivity contribution in [2.24, 2.45) is 11.5 Å². The Morgan fingerprint density at radius 3 is 2.46 bits per heavy atom. The SMILES string of the molecule is CCC(N)C(=O)N1CCC[C@H]1C(=O)N1CCCC1(Cc1ccccc1)C(=O)NC(C(N)=O)[C@@H](C)O. The molecule has 10 nitrogen and oxygen atoms in total. The second-order valence-corrected chi connectivity index (χ2v) is 9.59. The number of amides is 4. The molecule has 6 N–H and O–H groups in total. The van der Waals surface area contributed by atoms with Gasteiger partial charge in [-0.1, -0.05) is 37.3 Å². The summed E-state index contributed by atoms with van der Waals surface area (Å²) in [6.07, 6.45) is 1.62. The summed E-state index contributed by atoms with van der Waals surface area (Å²) < 4.78 is 0. The Morgan fingerprint density at radius 1 is 1.17 bits per heavy atom. The highest BCUT2D eigenvalue weighted by atomic mass is 16.3. The van der Waals surface area contributed by atoms with Crippen molar-refractivity contribution in [2.45, 2.75) is 82.1 Å². The second kappa shape index (κ2) is 11.2. The van der Waals surface area contributed by atoms with E-state index in [2.05, 4.69) is 5.32 Å². The maximum absolute atomic E-state index is 13.9. The van der Waals surface area contributed by atoms with Gasteiger partial charge in [0.2, 0.25) is 23.6 Å². The Hall–Kier alpha value is -2.98. The molecule has 0 aliphatic carbocycles. The van der Waals surface area contributed by atoms with Crippen LogP contribution in [0.15, 0.2) is 30.3 Å². The number of nitrogens with two attached hydrogens (primary N) is 2. The fourth-order valence-corrected chi connectivity index (χ4v) is 5.19. The van der Waals surface area contributed by atoms with Gasteiger partial charge in [0.25, 0.3) is 0 Å². The highest BCUT2D eigenvalue weighted by Gasteiger charge is 2.53. The molecule has 0 saturated carbocycles. The van der Waals surface area contributed by atoms with Gasteiger partial charge in [0, 0.05) is 19.5 Å². The molecule has 2 fully saturated rings. The van der Waals surface area contributed by atoms with Crippen molar-refractivity contribution in [1.82, 2.24) is 15.1 Å². The molecule has 2 heterocycles. The molecule has 0 radical (unpaired) electrons. The quantitative estimate of drug-likeness (QED) is 0.373. The van der Waals surface area contributed by atoms with Gasteiger partial charge in [-0.2, -0.15) is 0 Å². The number of hydrogen-bond acceptors (Lipinski definition) is 6. The molecule has 192 valence electrons. The van der Waals surface area contributed by atoms with E-state index in [9.17, 15) is 24.3 Å². The minimum atomic E-state index is -1.29. The summed E-state index contributed by atoms with van der Waals surface area (Å²) in [7, 11) is 0. The summed E-state index contributed by atoms with van der Waals surface area (Å²) in [6, 6.07) is 6.67. The maximum Gasteiger partial charge on any atom is 0.247 e. The van der Waals surface area contributed by atoms with Crippen LogP contribution in [0.5, 0.6) is 0 Å². The van der Waals surface area contributed by atoms with E-state index in [0.29, 0.717) is 45.2 Å². The van der Waals surface area contributed by atoms with Gasteiger partial charge in [-0.3, -0.25) is 19.2 Å². The van der Waals surface area contributed by atoms with Crippen molar-refractivity contribution in [3.8, 4) is 0 Å². The topological polar surface area (TPSA) is 159 Å². The van der Waals surface area contributed by atoms with E-state index in [0.717, 1.165) is 5.56 Å². The largest absolute Gasteiger partial charge is 0.391 e. The lowest BCUT2D eigenvalue weighted by atomic mass is 9.86. The van der Waals surface area contributed by atoms with E-state index in [1.807, 2.05) is 37.3 Å². The molecule has 35 heavy (non-hydrogen) atoms. The molecule has 10 heteroatoms. The first kappa shape index (κ1) is 26.6. The van der Waals surface area contributed by atoms with Gasteiger partial charge in [0.1, 0.15) is 17.6 Å². The number of carbonyl (C=O) groups is 4. The average Bonchev–Trinajstić information content (AvgIpc) is 3.49. The summed E-state index contributed by atoms with van der Waals surface area (Å²) >= 11 is 0. The second-order valence-electron chi connectivity index (χ2n) is 9.59. The third kappa shape index (κ3) is 5.48. The number of likely N-dealkylation sites (tertiary alicyclic amines) is 2. The predicted molar refractivity (Wildman–Crippen MR) is 130 cm³/mol. The van der Waals surface area contributed by atoms with Crippen molar-refractivity contribution < 1.29 is 24.3 Å². The van der Waals surface area contributed by atoms with Crippen LogP contribution < -0.4 is 16.8 Å². The summed E-state index contributed by atoms with van der Waals surface area (Å²) in [5.41, 5.74) is 11.0. The summed E-state index contributed by atoms with van der Waals surface area (Å²) in [5.74, 6) is -1.96. The highest BCUT2D eigenvalue weighted by Crippen LogP contribution is 2.36. The Balaban J connectivity index is 1.96.